The van der Waals surface area contributed by atoms with Crippen molar-refractivity contribution in [2.45, 2.75) is 6.42 Å². The molecule has 0 saturated carbocycles. The van der Waals surface area contributed by atoms with Crippen molar-refractivity contribution in [3.8, 4) is 5.75 Å². The normalized spacial score (nSPS) is 10.1. The average Bonchev–Trinajstić information content (AvgIpc) is 2.60. The maximum absolute atomic E-state index is 11.9. The highest BCUT2D eigenvalue weighted by Crippen LogP contribution is 2.16. The number of carbonyl (C=O) groups is 2. The quantitative estimate of drug-likeness (QED) is 0.736. The van der Waals surface area contributed by atoms with Crippen molar-refractivity contribution in [3.05, 3.63) is 64.1 Å². The molecule has 2 rings (SSSR count). The molecule has 0 saturated heterocycles. The minimum absolute atomic E-state index is 0.303. The van der Waals surface area contributed by atoms with Crippen LogP contribution < -0.4 is 10.1 Å². The molecule has 126 valence electrons. The highest BCUT2D eigenvalue weighted by molar-refractivity contribution is 9.10. The zero-order chi connectivity index (χ0) is 17.4. The van der Waals surface area contributed by atoms with Crippen molar-refractivity contribution in [1.82, 2.24) is 5.32 Å². The van der Waals surface area contributed by atoms with Crippen LogP contribution in [0.3, 0.4) is 0 Å². The van der Waals surface area contributed by atoms with Crippen LogP contribution in [0, 0.1) is 0 Å². The molecular weight excluding hydrogens is 374 g/mol. The third kappa shape index (κ3) is 5.38. The van der Waals surface area contributed by atoms with Crippen LogP contribution in [0.15, 0.2) is 53.0 Å². The molecule has 6 heteroatoms. The van der Waals surface area contributed by atoms with Crippen LogP contribution in [0.5, 0.6) is 5.75 Å². The van der Waals surface area contributed by atoms with Crippen molar-refractivity contribution in [1.29, 1.82) is 0 Å². The molecule has 0 atom stereocenters. The number of hydrogen-bond acceptors (Lipinski definition) is 4. The fraction of sp³-hybridized carbons (Fsp3) is 0.222. The molecule has 2 aromatic rings. The third-order valence-corrected chi connectivity index (χ3v) is 4.01. The lowest BCUT2D eigenvalue weighted by Crippen LogP contribution is -2.30. The molecule has 2 aromatic carbocycles. The summed E-state index contributed by atoms with van der Waals surface area (Å²) in [6, 6.07) is 14.5. The van der Waals surface area contributed by atoms with Gasteiger partial charge in [0.15, 0.2) is 6.61 Å². The van der Waals surface area contributed by atoms with Gasteiger partial charge < -0.3 is 14.8 Å². The molecule has 0 spiro atoms. The van der Waals surface area contributed by atoms with Gasteiger partial charge in [-0.2, -0.15) is 0 Å². The van der Waals surface area contributed by atoms with E-state index >= 15 is 0 Å². The Labute approximate surface area is 149 Å². The van der Waals surface area contributed by atoms with Gasteiger partial charge in [-0.1, -0.05) is 24.3 Å². The number of halogens is 1. The van der Waals surface area contributed by atoms with E-state index in [0.717, 1.165) is 11.3 Å². The first-order valence-corrected chi connectivity index (χ1v) is 8.20. The fourth-order valence-corrected chi connectivity index (χ4v) is 2.47. The molecule has 0 heterocycles. The monoisotopic (exact) mass is 391 g/mol. The number of methoxy groups -OCH3 is 1. The number of nitrogens with one attached hydrogen (secondary N) is 1. The van der Waals surface area contributed by atoms with E-state index in [1.165, 1.54) is 0 Å². The van der Waals surface area contributed by atoms with Gasteiger partial charge in [0, 0.05) is 11.0 Å². The highest BCUT2D eigenvalue weighted by atomic mass is 79.9. The van der Waals surface area contributed by atoms with E-state index in [4.69, 9.17) is 9.47 Å². The number of esters is 1. The predicted molar refractivity (Wildman–Crippen MR) is 94.1 cm³/mol. The summed E-state index contributed by atoms with van der Waals surface area (Å²) in [4.78, 5) is 23.6. The van der Waals surface area contributed by atoms with Crippen LogP contribution in [-0.2, 0) is 16.0 Å². The lowest BCUT2D eigenvalue weighted by molar-refractivity contribution is -0.124. The average molecular weight is 392 g/mol. The van der Waals surface area contributed by atoms with E-state index < -0.39 is 5.97 Å². The number of hydrogen-bond donors (Lipinski definition) is 1. The van der Waals surface area contributed by atoms with Gasteiger partial charge in [0.05, 0.1) is 12.7 Å². The summed E-state index contributed by atoms with van der Waals surface area (Å²) in [7, 11) is 1.62. The number of benzene rings is 2. The first-order valence-electron chi connectivity index (χ1n) is 7.41. The van der Waals surface area contributed by atoms with Crippen molar-refractivity contribution in [2.24, 2.45) is 0 Å². The first-order chi connectivity index (χ1) is 11.6. The van der Waals surface area contributed by atoms with Crippen molar-refractivity contribution < 1.29 is 19.1 Å². The molecule has 0 bridgehead atoms. The topological polar surface area (TPSA) is 64.6 Å². The number of carbonyl (C=O) groups excluding carboxylic acids is 2. The summed E-state index contributed by atoms with van der Waals surface area (Å²) < 4.78 is 10.7. The molecule has 0 aliphatic heterocycles. The third-order valence-electron chi connectivity index (χ3n) is 3.32. The lowest BCUT2D eigenvalue weighted by Gasteiger charge is -2.08. The van der Waals surface area contributed by atoms with Gasteiger partial charge in [-0.25, -0.2) is 4.79 Å². The Kier molecular flexibility index (Phi) is 6.81. The SMILES string of the molecule is COc1ccc(CCNC(=O)COC(=O)c2ccccc2Br)cc1. The predicted octanol–water partition coefficient (Wildman–Crippen LogP) is 2.97. The maximum atomic E-state index is 11.9. The second-order valence-corrected chi connectivity index (χ2v) is 5.86. The summed E-state index contributed by atoms with van der Waals surface area (Å²) in [5.41, 5.74) is 1.48. The molecule has 0 aliphatic carbocycles. The zero-order valence-electron chi connectivity index (χ0n) is 13.3. The van der Waals surface area contributed by atoms with Gasteiger partial charge in [-0.3, -0.25) is 4.79 Å². The van der Waals surface area contributed by atoms with Gasteiger partial charge in [0.2, 0.25) is 0 Å². The molecule has 1 N–H and O–H groups in total. The molecule has 0 unspecified atom stereocenters. The summed E-state index contributed by atoms with van der Waals surface area (Å²) >= 11 is 3.27. The summed E-state index contributed by atoms with van der Waals surface area (Å²) in [5, 5.41) is 2.72. The Morgan fingerprint density at radius 2 is 1.79 bits per heavy atom. The van der Waals surface area contributed by atoms with E-state index in [1.54, 1.807) is 31.4 Å². The molecule has 0 radical (unpaired) electrons. The number of amides is 1. The van der Waals surface area contributed by atoms with Gasteiger partial charge in [-0.15, -0.1) is 0 Å². The second-order valence-electron chi connectivity index (χ2n) is 5.00. The Morgan fingerprint density at radius 1 is 1.08 bits per heavy atom. The Hall–Kier alpha value is -2.34. The molecular formula is C18H18BrNO4. The van der Waals surface area contributed by atoms with Gasteiger partial charge in [0.25, 0.3) is 5.91 Å². The van der Waals surface area contributed by atoms with Crippen molar-refractivity contribution in [3.63, 3.8) is 0 Å². The van der Waals surface area contributed by atoms with Crippen LogP contribution in [0.25, 0.3) is 0 Å². The molecule has 0 aliphatic rings. The van der Waals surface area contributed by atoms with E-state index in [2.05, 4.69) is 21.2 Å². The maximum Gasteiger partial charge on any atom is 0.339 e. The Morgan fingerprint density at radius 3 is 2.46 bits per heavy atom. The van der Waals surface area contributed by atoms with Crippen molar-refractivity contribution >= 4 is 27.8 Å². The van der Waals surface area contributed by atoms with Crippen LogP contribution in [0.2, 0.25) is 0 Å². The van der Waals surface area contributed by atoms with Gasteiger partial charge in [0.1, 0.15) is 5.75 Å². The summed E-state index contributed by atoms with van der Waals surface area (Å²) in [6.07, 6.45) is 0.688. The smallest absolute Gasteiger partial charge is 0.339 e. The minimum Gasteiger partial charge on any atom is -0.497 e. The molecule has 5 nitrogen and oxygen atoms in total. The van der Waals surface area contributed by atoms with Gasteiger partial charge in [-0.05, 0) is 52.2 Å². The van der Waals surface area contributed by atoms with Crippen molar-refractivity contribution in [2.75, 3.05) is 20.3 Å². The Balaban J connectivity index is 1.71. The number of rotatable bonds is 7. The standard InChI is InChI=1S/C18H18BrNO4/c1-23-14-8-6-13(7-9-14)10-11-20-17(21)12-24-18(22)15-4-2-3-5-16(15)19/h2-9H,10-12H2,1H3,(H,20,21). The minimum atomic E-state index is -0.534. The van der Waals surface area contributed by atoms with Crippen LogP contribution in [-0.4, -0.2) is 32.1 Å². The fourth-order valence-electron chi connectivity index (χ4n) is 2.03. The van der Waals surface area contributed by atoms with E-state index in [0.29, 0.717) is 23.0 Å². The second kappa shape index (κ2) is 9.08. The molecule has 24 heavy (non-hydrogen) atoms. The van der Waals surface area contributed by atoms with Gasteiger partial charge >= 0.3 is 5.97 Å². The first kappa shape index (κ1) is 18.0. The van der Waals surface area contributed by atoms with Crippen LogP contribution in [0.1, 0.15) is 15.9 Å². The molecule has 0 fully saturated rings. The molecule has 1 amide bonds. The number of ether oxygens (including phenoxy) is 2. The lowest BCUT2D eigenvalue weighted by atomic mass is 10.1. The van der Waals surface area contributed by atoms with E-state index in [1.807, 2.05) is 24.3 Å². The molecule has 0 aromatic heterocycles. The highest BCUT2D eigenvalue weighted by Gasteiger charge is 2.12. The Bertz CT molecular complexity index is 700. The summed E-state index contributed by atoms with van der Waals surface area (Å²) in [5.74, 6) is -0.0709. The van der Waals surface area contributed by atoms with E-state index in [-0.39, 0.29) is 12.5 Å². The largest absolute Gasteiger partial charge is 0.497 e. The zero-order valence-corrected chi connectivity index (χ0v) is 14.8. The van der Waals surface area contributed by atoms with Crippen LogP contribution in [0.4, 0.5) is 0 Å². The van der Waals surface area contributed by atoms with E-state index in [9.17, 15) is 9.59 Å². The van der Waals surface area contributed by atoms with Crippen LogP contribution >= 0.6 is 15.9 Å². The summed E-state index contributed by atoms with van der Waals surface area (Å²) in [6.45, 7) is 0.167.